The highest BCUT2D eigenvalue weighted by molar-refractivity contribution is 7.18. The smallest absolute Gasteiger partial charge is 0.223 e. The van der Waals surface area contributed by atoms with Crippen molar-refractivity contribution >= 4 is 49.0 Å². The van der Waals surface area contributed by atoms with E-state index in [4.69, 9.17) is 0 Å². The Morgan fingerprint density at radius 3 is 2.27 bits per heavy atom. The zero-order chi connectivity index (χ0) is 18.1. The summed E-state index contributed by atoms with van der Waals surface area (Å²) in [5.41, 5.74) is 2.01. The monoisotopic (exact) mass is 381 g/mol. The predicted octanol–water partition coefficient (Wildman–Crippen LogP) is 5.06. The minimum atomic E-state index is -0.0322. The maximum absolute atomic E-state index is 12.6. The van der Waals surface area contributed by atoms with Crippen LogP contribution in [0.25, 0.3) is 20.4 Å². The molecule has 0 aliphatic heterocycles. The molecule has 6 heteroatoms. The molecule has 0 radical (unpaired) electrons. The Hall–Kier alpha value is -2.31. The Kier molecular flexibility index (Phi) is 4.70. The molecule has 1 unspecified atom stereocenters. The first-order valence-corrected chi connectivity index (χ1v) is 10.2. The van der Waals surface area contributed by atoms with E-state index in [0.717, 1.165) is 25.7 Å². The third-order valence-electron chi connectivity index (χ3n) is 4.53. The molecule has 2 aromatic heterocycles. The Morgan fingerprint density at radius 2 is 1.62 bits per heavy atom. The first-order valence-electron chi connectivity index (χ1n) is 8.57. The van der Waals surface area contributed by atoms with E-state index in [2.05, 4.69) is 22.1 Å². The van der Waals surface area contributed by atoms with Crippen LogP contribution in [0.1, 0.15) is 29.4 Å². The van der Waals surface area contributed by atoms with Crippen molar-refractivity contribution < 1.29 is 4.79 Å². The van der Waals surface area contributed by atoms with E-state index in [1.807, 2.05) is 50.4 Å². The van der Waals surface area contributed by atoms with Crippen LogP contribution in [0.15, 0.2) is 48.5 Å². The van der Waals surface area contributed by atoms with Gasteiger partial charge in [0.2, 0.25) is 5.91 Å². The number of hydrogen-bond donors (Lipinski definition) is 0. The van der Waals surface area contributed by atoms with Crippen LogP contribution in [-0.2, 0) is 11.2 Å². The first kappa shape index (κ1) is 17.1. The van der Waals surface area contributed by atoms with Gasteiger partial charge in [0.1, 0.15) is 5.01 Å². The van der Waals surface area contributed by atoms with Crippen molar-refractivity contribution in [3.63, 3.8) is 0 Å². The highest BCUT2D eigenvalue weighted by Crippen LogP contribution is 2.29. The highest BCUT2D eigenvalue weighted by Gasteiger charge is 2.20. The normalized spacial score (nSPS) is 12.5. The van der Waals surface area contributed by atoms with Gasteiger partial charge in [-0.15, -0.1) is 22.7 Å². The highest BCUT2D eigenvalue weighted by atomic mass is 32.1. The maximum atomic E-state index is 12.6. The number of fused-ring (bicyclic) bond motifs is 2. The summed E-state index contributed by atoms with van der Waals surface area (Å²) in [6.45, 7) is 2.04. The lowest BCUT2D eigenvalue weighted by Crippen LogP contribution is -2.29. The van der Waals surface area contributed by atoms with Gasteiger partial charge in [0.25, 0.3) is 0 Å². The van der Waals surface area contributed by atoms with Gasteiger partial charge in [0, 0.05) is 19.9 Å². The summed E-state index contributed by atoms with van der Waals surface area (Å²) in [6.07, 6.45) is 1.14. The maximum Gasteiger partial charge on any atom is 0.223 e. The van der Waals surface area contributed by atoms with Crippen LogP contribution in [0, 0.1) is 0 Å². The molecule has 26 heavy (non-hydrogen) atoms. The standard InChI is InChI=1S/C20H19N3OS2/c1-13(20-22-15-8-4-6-10-17(15)26-20)23(2)19(24)12-11-18-21-14-7-3-5-9-16(14)25-18/h3-10,13H,11-12H2,1-2H3. The van der Waals surface area contributed by atoms with Gasteiger partial charge in [0.05, 0.1) is 31.5 Å². The molecule has 0 saturated heterocycles. The molecule has 0 spiro atoms. The molecule has 4 nitrogen and oxygen atoms in total. The second-order valence-electron chi connectivity index (χ2n) is 6.28. The molecule has 0 fully saturated rings. The van der Waals surface area contributed by atoms with Crippen LogP contribution in [0.3, 0.4) is 0 Å². The summed E-state index contributed by atoms with van der Waals surface area (Å²) < 4.78 is 2.33. The number of aromatic nitrogens is 2. The van der Waals surface area contributed by atoms with Gasteiger partial charge in [0.15, 0.2) is 0 Å². The molecule has 0 N–H and O–H groups in total. The van der Waals surface area contributed by atoms with Crippen molar-refractivity contribution in [1.82, 2.24) is 14.9 Å². The fraction of sp³-hybridized carbons (Fsp3) is 0.250. The number of thiazole rings is 2. The van der Waals surface area contributed by atoms with Crippen molar-refractivity contribution in [3.8, 4) is 0 Å². The van der Waals surface area contributed by atoms with E-state index in [9.17, 15) is 4.79 Å². The van der Waals surface area contributed by atoms with Crippen LogP contribution in [0.5, 0.6) is 0 Å². The van der Waals surface area contributed by atoms with Gasteiger partial charge in [-0.25, -0.2) is 9.97 Å². The number of nitrogens with zero attached hydrogens (tertiary/aromatic N) is 3. The minimum Gasteiger partial charge on any atom is -0.337 e. The van der Waals surface area contributed by atoms with Gasteiger partial charge in [-0.2, -0.15) is 0 Å². The lowest BCUT2D eigenvalue weighted by atomic mass is 10.2. The summed E-state index contributed by atoms with van der Waals surface area (Å²) in [4.78, 5) is 23.7. The van der Waals surface area contributed by atoms with Gasteiger partial charge in [-0.05, 0) is 31.2 Å². The summed E-state index contributed by atoms with van der Waals surface area (Å²) in [5, 5.41) is 1.99. The molecule has 0 bridgehead atoms. The van der Waals surface area contributed by atoms with Crippen molar-refractivity contribution in [3.05, 3.63) is 58.5 Å². The SMILES string of the molecule is CC(c1nc2ccccc2s1)N(C)C(=O)CCc1nc2ccccc2s1. The average molecular weight is 382 g/mol. The average Bonchev–Trinajstić information content (AvgIpc) is 3.28. The van der Waals surface area contributed by atoms with Gasteiger partial charge in [-0.3, -0.25) is 4.79 Å². The van der Waals surface area contributed by atoms with E-state index >= 15 is 0 Å². The van der Waals surface area contributed by atoms with Gasteiger partial charge < -0.3 is 4.90 Å². The number of carbonyl (C=O) groups is 1. The second-order valence-corrected chi connectivity index (χ2v) is 8.45. The topological polar surface area (TPSA) is 46.1 Å². The minimum absolute atomic E-state index is 0.0322. The summed E-state index contributed by atoms with van der Waals surface area (Å²) in [7, 11) is 1.86. The van der Waals surface area contributed by atoms with Crippen molar-refractivity contribution in [2.24, 2.45) is 0 Å². The molecule has 4 aromatic rings. The first-order chi connectivity index (χ1) is 12.6. The quantitative estimate of drug-likeness (QED) is 0.485. The Morgan fingerprint density at radius 1 is 1.00 bits per heavy atom. The molecule has 0 aliphatic rings. The Bertz CT molecular complexity index is 1000. The number of aryl methyl sites for hydroxylation is 1. The summed E-state index contributed by atoms with van der Waals surface area (Å²) >= 11 is 3.32. The lowest BCUT2D eigenvalue weighted by Gasteiger charge is -2.23. The molecule has 0 saturated carbocycles. The molecular weight excluding hydrogens is 362 g/mol. The Labute approximate surface area is 160 Å². The zero-order valence-electron chi connectivity index (χ0n) is 14.7. The van der Waals surface area contributed by atoms with E-state index < -0.39 is 0 Å². The van der Waals surface area contributed by atoms with Gasteiger partial charge >= 0.3 is 0 Å². The summed E-state index contributed by atoms with van der Waals surface area (Å²) in [6, 6.07) is 16.1. The van der Waals surface area contributed by atoms with Crippen molar-refractivity contribution in [2.45, 2.75) is 25.8 Å². The number of carbonyl (C=O) groups excluding carboxylic acids is 1. The van der Waals surface area contributed by atoms with E-state index in [1.165, 1.54) is 4.70 Å². The number of benzene rings is 2. The molecule has 4 rings (SSSR count). The van der Waals surface area contributed by atoms with Crippen LogP contribution in [-0.4, -0.2) is 27.8 Å². The van der Waals surface area contributed by atoms with Crippen LogP contribution in [0.2, 0.25) is 0 Å². The number of hydrogen-bond acceptors (Lipinski definition) is 5. The number of para-hydroxylation sites is 2. The van der Waals surface area contributed by atoms with Gasteiger partial charge in [-0.1, -0.05) is 24.3 Å². The van der Waals surface area contributed by atoms with Crippen molar-refractivity contribution in [2.75, 3.05) is 7.05 Å². The van der Waals surface area contributed by atoms with E-state index in [-0.39, 0.29) is 11.9 Å². The molecule has 2 aromatic carbocycles. The zero-order valence-corrected chi connectivity index (χ0v) is 16.3. The molecular formula is C20H19N3OS2. The van der Waals surface area contributed by atoms with E-state index in [1.54, 1.807) is 27.6 Å². The fourth-order valence-corrected chi connectivity index (χ4v) is 4.90. The number of amides is 1. The summed E-state index contributed by atoms with van der Waals surface area (Å²) in [5.74, 6) is 0.121. The third-order valence-corrected chi connectivity index (χ3v) is 6.84. The largest absolute Gasteiger partial charge is 0.337 e. The van der Waals surface area contributed by atoms with Crippen LogP contribution < -0.4 is 0 Å². The molecule has 1 amide bonds. The van der Waals surface area contributed by atoms with Crippen LogP contribution in [0.4, 0.5) is 0 Å². The Balaban J connectivity index is 1.43. The second kappa shape index (κ2) is 7.13. The number of rotatable bonds is 5. The molecule has 0 aliphatic carbocycles. The molecule has 1 atom stereocenters. The third kappa shape index (κ3) is 3.34. The van der Waals surface area contributed by atoms with Crippen molar-refractivity contribution in [1.29, 1.82) is 0 Å². The molecule has 2 heterocycles. The van der Waals surface area contributed by atoms with E-state index in [0.29, 0.717) is 12.8 Å². The lowest BCUT2D eigenvalue weighted by molar-refractivity contribution is -0.131. The van der Waals surface area contributed by atoms with Crippen LogP contribution >= 0.6 is 22.7 Å². The predicted molar refractivity (Wildman–Crippen MR) is 109 cm³/mol. The fourth-order valence-electron chi connectivity index (χ4n) is 2.87. The molecule has 132 valence electrons.